The number of benzene rings is 2. The summed E-state index contributed by atoms with van der Waals surface area (Å²) in [4.78, 5) is 14.1. The first-order valence-electron chi connectivity index (χ1n) is 7.43. The Morgan fingerprint density at radius 3 is 2.43 bits per heavy atom. The maximum atomic E-state index is 12.5. The molecule has 5 heteroatoms. The molecule has 0 spiro atoms. The van der Waals surface area contributed by atoms with Crippen LogP contribution >= 0.6 is 23.2 Å². The van der Waals surface area contributed by atoms with Crippen LogP contribution in [0, 0.1) is 0 Å². The van der Waals surface area contributed by atoms with Gasteiger partial charge in [-0.1, -0.05) is 53.5 Å². The molecule has 2 amide bonds. The number of carbonyl (C=O) groups excluding carboxylic acids is 1. The van der Waals surface area contributed by atoms with E-state index in [9.17, 15) is 4.79 Å². The van der Waals surface area contributed by atoms with Gasteiger partial charge in [-0.25, -0.2) is 4.79 Å². The summed E-state index contributed by atoms with van der Waals surface area (Å²) in [6.45, 7) is 3.88. The van der Waals surface area contributed by atoms with Gasteiger partial charge < -0.3 is 10.2 Å². The fourth-order valence-corrected chi connectivity index (χ4v) is 2.86. The lowest BCUT2D eigenvalue weighted by atomic mass is 10.1. The molecule has 0 aliphatic heterocycles. The van der Waals surface area contributed by atoms with E-state index in [0.29, 0.717) is 10.0 Å². The van der Waals surface area contributed by atoms with Gasteiger partial charge in [0, 0.05) is 17.1 Å². The van der Waals surface area contributed by atoms with E-state index in [0.717, 1.165) is 11.1 Å². The summed E-state index contributed by atoms with van der Waals surface area (Å²) in [5.41, 5.74) is 1.88. The molecule has 3 nitrogen and oxygen atoms in total. The number of carbonyl (C=O) groups is 1. The van der Waals surface area contributed by atoms with Crippen LogP contribution in [-0.2, 0) is 0 Å². The van der Waals surface area contributed by atoms with Crippen molar-refractivity contribution in [2.45, 2.75) is 25.9 Å². The summed E-state index contributed by atoms with van der Waals surface area (Å²) in [5, 5.41) is 4.28. The lowest BCUT2D eigenvalue weighted by Crippen LogP contribution is -2.40. The molecule has 0 saturated heterocycles. The zero-order valence-electron chi connectivity index (χ0n) is 13.4. The van der Waals surface area contributed by atoms with Crippen molar-refractivity contribution in [3.63, 3.8) is 0 Å². The quantitative estimate of drug-likeness (QED) is 0.780. The fourth-order valence-electron chi connectivity index (χ4n) is 2.36. The first kappa shape index (κ1) is 17.6. The molecule has 122 valence electrons. The van der Waals surface area contributed by atoms with Crippen LogP contribution in [0.1, 0.15) is 37.1 Å². The van der Waals surface area contributed by atoms with Crippen LogP contribution in [-0.4, -0.2) is 18.0 Å². The minimum absolute atomic E-state index is 0.0906. The van der Waals surface area contributed by atoms with Crippen LogP contribution in [0.3, 0.4) is 0 Å². The smallest absolute Gasteiger partial charge is 0.318 e. The number of hydrogen-bond donors (Lipinski definition) is 1. The van der Waals surface area contributed by atoms with E-state index in [2.05, 4.69) is 5.32 Å². The Labute approximate surface area is 147 Å². The summed E-state index contributed by atoms with van der Waals surface area (Å²) >= 11 is 12.2. The van der Waals surface area contributed by atoms with Crippen molar-refractivity contribution < 1.29 is 4.79 Å². The fraction of sp³-hybridized carbons (Fsp3) is 0.278. The SMILES string of the molecule is CC(NC(=O)N(C)C(C)c1cccc(Cl)c1)c1ccccc1Cl. The van der Waals surface area contributed by atoms with Gasteiger partial charge in [-0.05, 0) is 43.2 Å². The second-order valence-corrected chi connectivity index (χ2v) is 6.38. The zero-order chi connectivity index (χ0) is 17.0. The monoisotopic (exact) mass is 350 g/mol. The van der Waals surface area contributed by atoms with Crippen LogP contribution in [0.5, 0.6) is 0 Å². The van der Waals surface area contributed by atoms with Crippen LogP contribution in [0.15, 0.2) is 48.5 Å². The third-order valence-electron chi connectivity index (χ3n) is 3.94. The van der Waals surface area contributed by atoms with E-state index in [1.165, 1.54) is 0 Å². The van der Waals surface area contributed by atoms with Gasteiger partial charge >= 0.3 is 6.03 Å². The molecule has 2 rings (SSSR count). The average Bonchev–Trinajstić information content (AvgIpc) is 2.53. The molecule has 0 fully saturated rings. The van der Waals surface area contributed by atoms with Crippen LogP contribution in [0.4, 0.5) is 4.79 Å². The van der Waals surface area contributed by atoms with Gasteiger partial charge in [0.2, 0.25) is 0 Å². The summed E-state index contributed by atoms with van der Waals surface area (Å²) in [6.07, 6.45) is 0. The van der Waals surface area contributed by atoms with E-state index in [1.807, 2.05) is 62.4 Å². The van der Waals surface area contributed by atoms with E-state index in [-0.39, 0.29) is 18.1 Å². The van der Waals surface area contributed by atoms with Gasteiger partial charge in [-0.15, -0.1) is 0 Å². The Hall–Kier alpha value is -1.71. The molecule has 0 heterocycles. The summed E-state index contributed by atoms with van der Waals surface area (Å²) in [6, 6.07) is 14.6. The second kappa shape index (κ2) is 7.71. The molecule has 1 N–H and O–H groups in total. The topological polar surface area (TPSA) is 32.3 Å². The molecule has 0 aliphatic rings. The third kappa shape index (κ3) is 4.40. The molecular formula is C18H20Cl2N2O. The average molecular weight is 351 g/mol. The Kier molecular flexibility index (Phi) is 5.91. The number of halogens is 2. The highest BCUT2D eigenvalue weighted by Crippen LogP contribution is 2.24. The standard InChI is InChI=1S/C18H20Cl2N2O/c1-12(16-9-4-5-10-17(16)20)21-18(23)22(3)13(2)14-7-6-8-15(19)11-14/h4-13H,1-3H3,(H,21,23). The van der Waals surface area contributed by atoms with Crippen LogP contribution < -0.4 is 5.32 Å². The minimum atomic E-state index is -0.176. The van der Waals surface area contributed by atoms with Gasteiger partial charge in [0.1, 0.15) is 0 Å². The van der Waals surface area contributed by atoms with Crippen LogP contribution in [0.2, 0.25) is 10.0 Å². The van der Waals surface area contributed by atoms with Crippen molar-refractivity contribution in [3.05, 3.63) is 69.7 Å². The van der Waals surface area contributed by atoms with Gasteiger partial charge in [0.05, 0.1) is 12.1 Å². The molecule has 0 aromatic heterocycles. The molecule has 0 aliphatic carbocycles. The molecule has 2 atom stereocenters. The molecule has 2 unspecified atom stereocenters. The van der Waals surface area contributed by atoms with E-state index in [1.54, 1.807) is 11.9 Å². The maximum absolute atomic E-state index is 12.5. The number of urea groups is 1. The predicted octanol–water partition coefficient (Wildman–Crippen LogP) is 5.46. The van der Waals surface area contributed by atoms with Gasteiger partial charge in [-0.2, -0.15) is 0 Å². The first-order chi connectivity index (χ1) is 10.9. The predicted molar refractivity (Wildman–Crippen MR) is 96.0 cm³/mol. The van der Waals surface area contributed by atoms with Gasteiger partial charge in [0.15, 0.2) is 0 Å². The number of nitrogens with zero attached hydrogens (tertiary/aromatic N) is 1. The van der Waals surface area contributed by atoms with E-state index in [4.69, 9.17) is 23.2 Å². The number of amides is 2. The van der Waals surface area contributed by atoms with Crippen molar-refractivity contribution in [2.75, 3.05) is 7.05 Å². The molecular weight excluding hydrogens is 331 g/mol. The summed E-state index contributed by atoms with van der Waals surface area (Å²) in [7, 11) is 1.76. The molecule has 0 radical (unpaired) electrons. The molecule has 2 aromatic carbocycles. The Morgan fingerprint density at radius 2 is 1.78 bits per heavy atom. The number of hydrogen-bond acceptors (Lipinski definition) is 1. The number of nitrogens with one attached hydrogen (secondary N) is 1. The van der Waals surface area contributed by atoms with E-state index >= 15 is 0 Å². The zero-order valence-corrected chi connectivity index (χ0v) is 14.9. The summed E-state index contributed by atoms with van der Waals surface area (Å²) in [5.74, 6) is 0. The largest absolute Gasteiger partial charge is 0.331 e. The Balaban J connectivity index is 2.06. The Morgan fingerprint density at radius 1 is 1.09 bits per heavy atom. The second-order valence-electron chi connectivity index (χ2n) is 5.53. The van der Waals surface area contributed by atoms with Gasteiger partial charge in [0.25, 0.3) is 0 Å². The lowest BCUT2D eigenvalue weighted by molar-refractivity contribution is 0.191. The summed E-state index contributed by atoms with van der Waals surface area (Å²) < 4.78 is 0. The molecule has 2 aromatic rings. The lowest BCUT2D eigenvalue weighted by Gasteiger charge is -2.27. The molecule has 0 saturated carbocycles. The highest BCUT2D eigenvalue weighted by molar-refractivity contribution is 6.31. The third-order valence-corrected chi connectivity index (χ3v) is 4.52. The maximum Gasteiger partial charge on any atom is 0.318 e. The van der Waals surface area contributed by atoms with Crippen molar-refractivity contribution >= 4 is 29.2 Å². The molecule has 0 bridgehead atoms. The van der Waals surface area contributed by atoms with Gasteiger partial charge in [-0.3, -0.25) is 0 Å². The van der Waals surface area contributed by atoms with Crippen LogP contribution in [0.25, 0.3) is 0 Å². The first-order valence-corrected chi connectivity index (χ1v) is 8.19. The normalized spacial score (nSPS) is 13.3. The van der Waals surface area contributed by atoms with Crippen molar-refractivity contribution in [2.24, 2.45) is 0 Å². The highest BCUT2D eigenvalue weighted by atomic mass is 35.5. The number of rotatable bonds is 4. The molecule has 23 heavy (non-hydrogen) atoms. The van der Waals surface area contributed by atoms with Crippen molar-refractivity contribution in [1.29, 1.82) is 0 Å². The van der Waals surface area contributed by atoms with Crippen molar-refractivity contribution in [3.8, 4) is 0 Å². The minimum Gasteiger partial charge on any atom is -0.331 e. The Bertz CT molecular complexity index is 690. The van der Waals surface area contributed by atoms with Crippen molar-refractivity contribution in [1.82, 2.24) is 10.2 Å². The van der Waals surface area contributed by atoms with E-state index < -0.39 is 0 Å². The highest BCUT2D eigenvalue weighted by Gasteiger charge is 2.20.